The highest BCUT2D eigenvalue weighted by Crippen LogP contribution is 2.27. The summed E-state index contributed by atoms with van der Waals surface area (Å²) >= 11 is 5.12. The van der Waals surface area contributed by atoms with E-state index >= 15 is 0 Å². The SMILES string of the molecule is Cc1cc(Cn2cnc(N3CCN(c4ccc(F)cc4)CC3)nc2=O)sc1Br. The van der Waals surface area contributed by atoms with Crippen LogP contribution in [0, 0.1) is 12.7 Å². The Morgan fingerprint density at radius 1 is 1.14 bits per heavy atom. The lowest BCUT2D eigenvalue weighted by Gasteiger charge is -2.36. The van der Waals surface area contributed by atoms with E-state index in [1.54, 1.807) is 29.8 Å². The number of hydrogen-bond donors (Lipinski definition) is 0. The second kappa shape index (κ2) is 8.00. The van der Waals surface area contributed by atoms with Crippen molar-refractivity contribution in [2.45, 2.75) is 13.5 Å². The van der Waals surface area contributed by atoms with Crippen molar-refractivity contribution in [3.8, 4) is 0 Å². The average Bonchev–Trinajstić information content (AvgIpc) is 3.01. The molecule has 1 aliphatic rings. The van der Waals surface area contributed by atoms with Gasteiger partial charge in [-0.1, -0.05) is 0 Å². The summed E-state index contributed by atoms with van der Waals surface area (Å²) in [6.07, 6.45) is 1.57. The minimum atomic E-state index is -0.298. The van der Waals surface area contributed by atoms with Gasteiger partial charge < -0.3 is 9.80 Å². The number of aromatic nitrogens is 3. The first kappa shape index (κ1) is 19.1. The van der Waals surface area contributed by atoms with Crippen LogP contribution in [0.1, 0.15) is 10.4 Å². The molecule has 2 aromatic heterocycles. The molecule has 3 aromatic rings. The molecule has 3 heterocycles. The Morgan fingerprint density at radius 3 is 2.43 bits per heavy atom. The minimum absolute atomic E-state index is 0.235. The third kappa shape index (κ3) is 4.10. The first-order valence-corrected chi connectivity index (χ1v) is 10.5. The van der Waals surface area contributed by atoms with Gasteiger partial charge in [0.2, 0.25) is 5.95 Å². The summed E-state index contributed by atoms with van der Waals surface area (Å²) in [6, 6.07) is 8.57. The van der Waals surface area contributed by atoms with Crippen molar-refractivity contribution in [3.63, 3.8) is 0 Å². The van der Waals surface area contributed by atoms with Crippen LogP contribution in [0.25, 0.3) is 0 Å². The molecule has 1 fully saturated rings. The predicted octanol–water partition coefficient (Wildman–Crippen LogP) is 3.28. The number of rotatable bonds is 4. The Labute approximate surface area is 174 Å². The largest absolute Gasteiger partial charge is 0.368 e. The summed E-state index contributed by atoms with van der Waals surface area (Å²) < 4.78 is 15.7. The normalized spacial score (nSPS) is 14.5. The topological polar surface area (TPSA) is 54.3 Å². The van der Waals surface area contributed by atoms with Crippen molar-refractivity contribution >= 4 is 38.9 Å². The minimum Gasteiger partial charge on any atom is -0.368 e. The second-order valence-electron chi connectivity index (χ2n) is 6.69. The van der Waals surface area contributed by atoms with Gasteiger partial charge in [0.05, 0.1) is 10.3 Å². The molecular weight excluding hydrogens is 445 g/mol. The summed E-state index contributed by atoms with van der Waals surface area (Å²) in [4.78, 5) is 26.3. The molecule has 0 atom stereocenters. The molecule has 0 amide bonds. The van der Waals surface area contributed by atoms with Crippen LogP contribution in [0.4, 0.5) is 16.0 Å². The number of anilines is 2. The summed E-state index contributed by atoms with van der Waals surface area (Å²) in [7, 11) is 0. The number of benzene rings is 1. The molecule has 28 heavy (non-hydrogen) atoms. The van der Waals surface area contributed by atoms with E-state index in [-0.39, 0.29) is 11.5 Å². The van der Waals surface area contributed by atoms with E-state index in [9.17, 15) is 9.18 Å². The van der Waals surface area contributed by atoms with Crippen molar-refractivity contribution in [1.29, 1.82) is 0 Å². The third-order valence-electron chi connectivity index (χ3n) is 4.74. The summed E-state index contributed by atoms with van der Waals surface area (Å²) in [5.74, 6) is 0.227. The molecule has 146 valence electrons. The fourth-order valence-electron chi connectivity index (χ4n) is 3.20. The highest BCUT2D eigenvalue weighted by molar-refractivity contribution is 9.11. The zero-order chi connectivity index (χ0) is 19.7. The fraction of sp³-hybridized carbons (Fsp3) is 0.316. The molecule has 0 spiro atoms. The number of aryl methyl sites for hydroxylation is 1. The van der Waals surface area contributed by atoms with Crippen molar-refractivity contribution in [2.24, 2.45) is 0 Å². The van der Waals surface area contributed by atoms with Gasteiger partial charge in [-0.25, -0.2) is 14.2 Å². The number of hydrogen-bond acceptors (Lipinski definition) is 6. The van der Waals surface area contributed by atoms with E-state index in [0.717, 1.165) is 33.0 Å². The highest BCUT2D eigenvalue weighted by atomic mass is 79.9. The van der Waals surface area contributed by atoms with E-state index in [0.29, 0.717) is 25.6 Å². The zero-order valence-corrected chi connectivity index (χ0v) is 17.7. The smallest absolute Gasteiger partial charge is 0.352 e. The molecule has 1 saturated heterocycles. The standard InChI is InChI=1S/C19H19BrFN5OS/c1-13-10-16(28-17(13)20)11-26-12-22-18(23-19(26)27)25-8-6-24(7-9-25)15-4-2-14(21)3-5-15/h2-5,10,12H,6-9,11H2,1H3. The quantitative estimate of drug-likeness (QED) is 0.594. The Kier molecular flexibility index (Phi) is 5.45. The number of nitrogens with zero attached hydrogens (tertiary/aromatic N) is 5. The summed E-state index contributed by atoms with van der Waals surface area (Å²) in [6.45, 7) is 5.43. The molecule has 9 heteroatoms. The van der Waals surface area contributed by atoms with Gasteiger partial charge in [-0.15, -0.1) is 11.3 Å². The van der Waals surface area contributed by atoms with E-state index in [1.807, 2.05) is 11.8 Å². The molecule has 0 aliphatic carbocycles. The van der Waals surface area contributed by atoms with Crippen molar-refractivity contribution < 1.29 is 4.39 Å². The van der Waals surface area contributed by atoms with Crippen LogP contribution in [-0.4, -0.2) is 40.7 Å². The van der Waals surface area contributed by atoms with Crippen molar-refractivity contribution in [3.05, 3.63) is 67.2 Å². The maximum atomic E-state index is 13.1. The van der Waals surface area contributed by atoms with E-state index < -0.39 is 0 Å². The monoisotopic (exact) mass is 463 g/mol. The Hall–Kier alpha value is -2.26. The van der Waals surface area contributed by atoms with Gasteiger partial charge in [0.25, 0.3) is 0 Å². The molecule has 0 saturated carbocycles. The van der Waals surface area contributed by atoms with Crippen LogP contribution >= 0.6 is 27.3 Å². The van der Waals surface area contributed by atoms with Gasteiger partial charge in [0.15, 0.2) is 0 Å². The number of piperazine rings is 1. The molecule has 4 rings (SSSR count). The summed E-state index contributed by atoms with van der Waals surface area (Å²) in [5.41, 5.74) is 1.85. The third-order valence-corrected chi connectivity index (χ3v) is 6.86. The van der Waals surface area contributed by atoms with Crippen LogP contribution in [0.2, 0.25) is 0 Å². The van der Waals surface area contributed by atoms with Gasteiger partial charge in [-0.05, 0) is 58.7 Å². The molecule has 0 unspecified atom stereocenters. The van der Waals surface area contributed by atoms with Crippen LogP contribution < -0.4 is 15.5 Å². The molecule has 0 N–H and O–H groups in total. The maximum absolute atomic E-state index is 13.1. The van der Waals surface area contributed by atoms with Gasteiger partial charge in [-0.2, -0.15) is 4.98 Å². The van der Waals surface area contributed by atoms with Crippen molar-refractivity contribution in [1.82, 2.24) is 14.5 Å². The Bertz CT molecular complexity index is 1010. The number of thiophene rings is 1. The fourth-order valence-corrected chi connectivity index (χ4v) is 4.82. The lowest BCUT2D eigenvalue weighted by molar-refractivity contribution is 0.617. The second-order valence-corrected chi connectivity index (χ2v) is 9.14. The van der Waals surface area contributed by atoms with Crippen LogP contribution in [0.15, 0.2) is 45.2 Å². The molecule has 1 aromatic carbocycles. The average molecular weight is 464 g/mol. The predicted molar refractivity (Wildman–Crippen MR) is 113 cm³/mol. The lowest BCUT2D eigenvalue weighted by Crippen LogP contribution is -2.47. The Balaban J connectivity index is 1.42. The van der Waals surface area contributed by atoms with Gasteiger partial charge in [0.1, 0.15) is 12.1 Å². The van der Waals surface area contributed by atoms with E-state index in [2.05, 4.69) is 36.9 Å². The lowest BCUT2D eigenvalue weighted by atomic mass is 10.2. The van der Waals surface area contributed by atoms with Crippen LogP contribution in [0.5, 0.6) is 0 Å². The first-order valence-electron chi connectivity index (χ1n) is 8.93. The molecule has 1 aliphatic heterocycles. The van der Waals surface area contributed by atoms with E-state index in [4.69, 9.17) is 0 Å². The zero-order valence-electron chi connectivity index (χ0n) is 15.3. The maximum Gasteiger partial charge on any atom is 0.352 e. The molecule has 6 nitrogen and oxygen atoms in total. The van der Waals surface area contributed by atoms with Crippen LogP contribution in [-0.2, 0) is 6.54 Å². The van der Waals surface area contributed by atoms with Gasteiger partial charge in [-0.3, -0.25) is 4.57 Å². The van der Waals surface area contributed by atoms with Crippen LogP contribution in [0.3, 0.4) is 0 Å². The molecule has 0 bridgehead atoms. The van der Waals surface area contributed by atoms with E-state index in [1.165, 1.54) is 16.7 Å². The summed E-state index contributed by atoms with van der Waals surface area (Å²) in [5, 5.41) is 0. The highest BCUT2D eigenvalue weighted by Gasteiger charge is 2.20. The van der Waals surface area contributed by atoms with Gasteiger partial charge >= 0.3 is 5.69 Å². The molecular formula is C19H19BrFN5OS. The van der Waals surface area contributed by atoms with Crippen molar-refractivity contribution in [2.75, 3.05) is 36.0 Å². The van der Waals surface area contributed by atoms with Gasteiger partial charge in [0, 0.05) is 36.7 Å². The molecule has 0 radical (unpaired) electrons. The first-order chi connectivity index (χ1) is 13.5. The number of halogens is 2. The Morgan fingerprint density at radius 2 is 1.82 bits per heavy atom.